The van der Waals surface area contributed by atoms with Crippen molar-refractivity contribution in [2.75, 3.05) is 39.6 Å². The molecule has 0 atom stereocenters. The summed E-state index contributed by atoms with van der Waals surface area (Å²) in [5, 5.41) is 17.9. The Balaban J connectivity index is 0.000000189. The highest BCUT2D eigenvalue weighted by molar-refractivity contribution is 5.24. The molecule has 9 heteroatoms. The molecule has 2 saturated heterocycles. The molecular formula is C24H31NO8. The van der Waals surface area contributed by atoms with Crippen LogP contribution in [0.1, 0.15) is 47.7 Å². The third-order valence-corrected chi connectivity index (χ3v) is 5.18. The van der Waals surface area contributed by atoms with Crippen LogP contribution in [-0.2, 0) is 36.6 Å². The molecular weight excluding hydrogens is 430 g/mol. The van der Waals surface area contributed by atoms with Crippen molar-refractivity contribution in [3.05, 3.63) is 80.9 Å². The summed E-state index contributed by atoms with van der Waals surface area (Å²) in [6.45, 7) is 2.99. The zero-order valence-electron chi connectivity index (χ0n) is 18.6. The number of hydrogen-bond donors (Lipinski definition) is 1. The van der Waals surface area contributed by atoms with Crippen LogP contribution in [0.3, 0.4) is 0 Å². The fourth-order valence-corrected chi connectivity index (χ4v) is 3.48. The van der Waals surface area contributed by atoms with Gasteiger partial charge in [0.25, 0.3) is 5.09 Å². The Labute approximate surface area is 193 Å². The first kappa shape index (κ1) is 25.1. The van der Waals surface area contributed by atoms with Crippen molar-refractivity contribution in [3.63, 3.8) is 0 Å². The van der Waals surface area contributed by atoms with Crippen LogP contribution in [0.5, 0.6) is 0 Å². The van der Waals surface area contributed by atoms with Gasteiger partial charge in [0.2, 0.25) is 0 Å². The van der Waals surface area contributed by atoms with Crippen molar-refractivity contribution in [1.29, 1.82) is 0 Å². The van der Waals surface area contributed by atoms with Crippen LogP contribution in [0.15, 0.2) is 48.5 Å². The van der Waals surface area contributed by atoms with E-state index in [1.165, 1.54) is 5.56 Å². The zero-order chi connectivity index (χ0) is 23.3. The van der Waals surface area contributed by atoms with Gasteiger partial charge in [-0.2, -0.15) is 0 Å². The highest BCUT2D eigenvalue weighted by Gasteiger charge is 2.18. The second kappa shape index (κ2) is 13.9. The number of rotatable bonds is 10. The third-order valence-electron chi connectivity index (χ3n) is 5.18. The lowest BCUT2D eigenvalue weighted by Crippen LogP contribution is -2.03. The molecule has 2 fully saturated rings. The van der Waals surface area contributed by atoms with E-state index in [1.807, 2.05) is 36.4 Å². The lowest BCUT2D eigenvalue weighted by Gasteiger charge is -2.09. The molecule has 0 radical (unpaired) electrons. The number of aliphatic hydroxyl groups excluding tert-OH is 1. The average molecular weight is 462 g/mol. The first-order valence-electron chi connectivity index (χ1n) is 11.2. The van der Waals surface area contributed by atoms with E-state index in [9.17, 15) is 10.1 Å². The maximum absolute atomic E-state index is 9.96. The van der Waals surface area contributed by atoms with Crippen molar-refractivity contribution >= 4 is 0 Å². The number of aliphatic hydroxyl groups is 1. The number of ether oxygens (including phenoxy) is 4. The van der Waals surface area contributed by atoms with Gasteiger partial charge in [0.05, 0.1) is 33.0 Å². The minimum absolute atomic E-state index is 0.129. The van der Waals surface area contributed by atoms with Crippen LogP contribution in [0.25, 0.3) is 0 Å². The molecule has 0 unspecified atom stereocenters. The molecule has 9 nitrogen and oxygen atoms in total. The summed E-state index contributed by atoms with van der Waals surface area (Å²) in [7, 11) is 0. The minimum Gasteiger partial charge on any atom is -0.396 e. The molecule has 0 aromatic heterocycles. The normalized spacial score (nSPS) is 16.4. The monoisotopic (exact) mass is 461 g/mol. The van der Waals surface area contributed by atoms with E-state index in [0.717, 1.165) is 36.0 Å². The Morgan fingerprint density at radius 1 is 0.788 bits per heavy atom. The Bertz CT molecular complexity index is 815. The van der Waals surface area contributed by atoms with Gasteiger partial charge in [0, 0.05) is 17.7 Å². The van der Waals surface area contributed by atoms with E-state index >= 15 is 0 Å². The van der Waals surface area contributed by atoms with E-state index in [-0.39, 0.29) is 25.8 Å². The van der Waals surface area contributed by atoms with Crippen LogP contribution < -0.4 is 0 Å². The van der Waals surface area contributed by atoms with E-state index in [1.54, 1.807) is 0 Å². The molecule has 0 saturated carbocycles. The molecule has 2 aromatic rings. The second-order valence-corrected chi connectivity index (χ2v) is 7.62. The number of hydrogen-bond acceptors (Lipinski definition) is 8. The zero-order valence-corrected chi connectivity index (χ0v) is 18.6. The predicted octanol–water partition coefficient (Wildman–Crippen LogP) is 3.53. The van der Waals surface area contributed by atoms with Crippen molar-refractivity contribution in [1.82, 2.24) is 0 Å². The summed E-state index contributed by atoms with van der Waals surface area (Å²) in [4.78, 5) is 14.2. The SMILES string of the molecule is O=[N+]([O-])OCCCc1ccc(C2OCCO2)cc1.OCCCc1ccc(C2OCCO2)cc1. The summed E-state index contributed by atoms with van der Waals surface area (Å²) in [5.41, 5.74) is 4.42. The molecule has 180 valence electrons. The predicted molar refractivity (Wildman–Crippen MR) is 119 cm³/mol. The Hall–Kier alpha value is -2.56. The van der Waals surface area contributed by atoms with E-state index < -0.39 is 5.09 Å². The summed E-state index contributed by atoms with van der Waals surface area (Å²) < 4.78 is 21.6. The van der Waals surface area contributed by atoms with Crippen molar-refractivity contribution in [2.45, 2.75) is 38.3 Å². The number of nitrogens with zero attached hydrogens (tertiary/aromatic N) is 1. The largest absolute Gasteiger partial charge is 0.396 e. The lowest BCUT2D eigenvalue weighted by atomic mass is 10.1. The lowest BCUT2D eigenvalue weighted by molar-refractivity contribution is -0.757. The van der Waals surface area contributed by atoms with E-state index in [4.69, 9.17) is 24.1 Å². The van der Waals surface area contributed by atoms with Crippen molar-refractivity contribution in [3.8, 4) is 0 Å². The topological polar surface area (TPSA) is 110 Å². The molecule has 2 aliphatic heterocycles. The first-order valence-corrected chi connectivity index (χ1v) is 11.2. The van der Waals surface area contributed by atoms with Gasteiger partial charge in [0.15, 0.2) is 12.6 Å². The van der Waals surface area contributed by atoms with Gasteiger partial charge < -0.3 is 28.9 Å². The Morgan fingerprint density at radius 3 is 1.61 bits per heavy atom. The summed E-state index contributed by atoms with van der Waals surface area (Å²) in [5.74, 6) is 0. The fourth-order valence-electron chi connectivity index (χ4n) is 3.48. The van der Waals surface area contributed by atoms with Crippen molar-refractivity contribution < 1.29 is 34.0 Å². The molecule has 33 heavy (non-hydrogen) atoms. The molecule has 4 rings (SSSR count). The van der Waals surface area contributed by atoms with Crippen LogP contribution >= 0.6 is 0 Å². The fraction of sp³-hybridized carbons (Fsp3) is 0.500. The molecule has 2 aromatic carbocycles. The smallest absolute Gasteiger partial charge is 0.294 e. The minimum atomic E-state index is -0.766. The second-order valence-electron chi connectivity index (χ2n) is 7.62. The van der Waals surface area contributed by atoms with Crippen LogP contribution in [0.2, 0.25) is 0 Å². The molecule has 2 aliphatic rings. The van der Waals surface area contributed by atoms with Gasteiger partial charge in [-0.15, -0.1) is 10.1 Å². The maximum Gasteiger partial charge on any atom is 0.294 e. The Kier molecular flexibility index (Phi) is 10.5. The highest BCUT2D eigenvalue weighted by atomic mass is 16.9. The molecule has 0 amide bonds. The van der Waals surface area contributed by atoms with Gasteiger partial charge >= 0.3 is 0 Å². The number of benzene rings is 2. The van der Waals surface area contributed by atoms with Gasteiger partial charge in [-0.25, -0.2) is 0 Å². The van der Waals surface area contributed by atoms with E-state index in [0.29, 0.717) is 32.8 Å². The van der Waals surface area contributed by atoms with Crippen molar-refractivity contribution in [2.24, 2.45) is 0 Å². The molecule has 0 spiro atoms. The molecule has 0 aliphatic carbocycles. The van der Waals surface area contributed by atoms with Crippen LogP contribution in [-0.4, -0.2) is 49.8 Å². The molecule has 2 heterocycles. The maximum atomic E-state index is 9.96. The molecule has 1 N–H and O–H groups in total. The average Bonchev–Trinajstić information content (AvgIpc) is 3.56. The quantitative estimate of drug-likeness (QED) is 0.325. The van der Waals surface area contributed by atoms with Gasteiger partial charge in [-0.05, 0) is 36.8 Å². The Morgan fingerprint density at radius 2 is 1.21 bits per heavy atom. The highest BCUT2D eigenvalue weighted by Crippen LogP contribution is 2.24. The van der Waals surface area contributed by atoms with Gasteiger partial charge in [-0.1, -0.05) is 48.5 Å². The standard InChI is InChI=1S/C12H15NO5.C12H16O3/c14-13(15)18-7-1-2-10-3-5-11(6-4-10)12-16-8-9-17-12;13-7-1-2-10-3-5-11(6-4-10)12-14-8-9-15-12/h3-6,12H,1-2,7-9H2;3-6,12-13H,1-2,7-9H2. The van der Waals surface area contributed by atoms with Gasteiger partial charge in [0.1, 0.15) is 0 Å². The van der Waals surface area contributed by atoms with Crippen LogP contribution in [0, 0.1) is 10.1 Å². The summed E-state index contributed by atoms with van der Waals surface area (Å²) >= 11 is 0. The van der Waals surface area contributed by atoms with E-state index in [2.05, 4.69) is 17.0 Å². The van der Waals surface area contributed by atoms with Gasteiger partial charge in [-0.3, -0.25) is 0 Å². The molecule has 0 bridgehead atoms. The first-order chi connectivity index (χ1) is 16.2. The summed E-state index contributed by atoms with van der Waals surface area (Å²) in [6, 6.07) is 16.1. The third kappa shape index (κ3) is 8.71. The summed E-state index contributed by atoms with van der Waals surface area (Å²) in [6.07, 6.45) is 2.67. The van der Waals surface area contributed by atoms with Crippen LogP contribution in [0.4, 0.5) is 0 Å². The number of aryl methyl sites for hydroxylation is 2.